The summed E-state index contributed by atoms with van der Waals surface area (Å²) >= 11 is 1.04. The second-order valence-electron chi connectivity index (χ2n) is 8.44. The maximum absolute atomic E-state index is 13.9. The lowest BCUT2D eigenvalue weighted by Gasteiger charge is -2.25. The maximum atomic E-state index is 13.9. The second kappa shape index (κ2) is 11.6. The maximum Gasteiger partial charge on any atom is 0.338 e. The Morgan fingerprint density at radius 2 is 1.68 bits per heavy atom. The number of ether oxygens (including phenoxy) is 5. The summed E-state index contributed by atoms with van der Waals surface area (Å²) in [5, 5.41) is 11.8. The van der Waals surface area contributed by atoms with E-state index in [1.165, 1.54) is 51.2 Å². The Morgan fingerprint density at radius 1 is 1.05 bits per heavy atom. The summed E-state index contributed by atoms with van der Waals surface area (Å²) in [6.45, 7) is 3.47. The summed E-state index contributed by atoms with van der Waals surface area (Å²) in [6, 6.07) is 6.83. The standard InChI is InChI=1S/C27H27N3O9S/c1-7-39-26(32)23-14(2)28-27-29(24(23)15-8-9-18(35-3)19(10-15)36-4)25(31)22(40-27)12-16-11-20(37-5)21(38-6)13-17(16)30(33)34/h8-13,24H,7H2,1-6H3. The van der Waals surface area contributed by atoms with Gasteiger partial charge in [-0.3, -0.25) is 19.5 Å². The van der Waals surface area contributed by atoms with E-state index in [-0.39, 0.29) is 39.5 Å². The Kier molecular flexibility index (Phi) is 8.24. The second-order valence-corrected chi connectivity index (χ2v) is 9.45. The van der Waals surface area contributed by atoms with Crippen molar-refractivity contribution in [2.75, 3.05) is 35.0 Å². The van der Waals surface area contributed by atoms with Gasteiger partial charge in [-0.05, 0) is 43.7 Å². The van der Waals surface area contributed by atoms with Gasteiger partial charge in [0.15, 0.2) is 27.8 Å². The first-order chi connectivity index (χ1) is 19.2. The van der Waals surface area contributed by atoms with Crippen LogP contribution >= 0.6 is 11.3 Å². The summed E-state index contributed by atoms with van der Waals surface area (Å²) in [4.78, 5) is 43.1. The zero-order chi connectivity index (χ0) is 29.1. The number of nitrogens with zero attached hydrogens (tertiary/aromatic N) is 3. The normalized spacial score (nSPS) is 14.8. The number of nitro benzene ring substituents is 1. The zero-order valence-corrected chi connectivity index (χ0v) is 23.5. The Morgan fingerprint density at radius 3 is 2.27 bits per heavy atom. The van der Waals surface area contributed by atoms with Gasteiger partial charge >= 0.3 is 5.97 Å². The van der Waals surface area contributed by atoms with E-state index in [4.69, 9.17) is 23.7 Å². The molecule has 0 spiro atoms. The fourth-order valence-electron chi connectivity index (χ4n) is 4.43. The van der Waals surface area contributed by atoms with Crippen LogP contribution in [-0.2, 0) is 9.53 Å². The molecule has 0 saturated heterocycles. The van der Waals surface area contributed by atoms with Crippen LogP contribution in [0.2, 0.25) is 0 Å². The van der Waals surface area contributed by atoms with Gasteiger partial charge in [-0.25, -0.2) is 9.79 Å². The van der Waals surface area contributed by atoms with Crippen LogP contribution < -0.4 is 33.8 Å². The first kappa shape index (κ1) is 28.4. The van der Waals surface area contributed by atoms with E-state index < -0.39 is 22.5 Å². The predicted octanol–water partition coefficient (Wildman–Crippen LogP) is 2.74. The molecular formula is C27H27N3O9S. The molecule has 13 heteroatoms. The van der Waals surface area contributed by atoms with Crippen LogP contribution in [0, 0.1) is 10.1 Å². The molecule has 1 aromatic heterocycles. The van der Waals surface area contributed by atoms with Crippen molar-refractivity contribution in [1.82, 2.24) is 4.57 Å². The van der Waals surface area contributed by atoms with Crippen LogP contribution in [0.3, 0.4) is 0 Å². The van der Waals surface area contributed by atoms with Crippen molar-refractivity contribution in [2.45, 2.75) is 19.9 Å². The van der Waals surface area contributed by atoms with E-state index in [9.17, 15) is 19.7 Å². The molecule has 0 aliphatic carbocycles. The van der Waals surface area contributed by atoms with Gasteiger partial charge in [-0.2, -0.15) is 0 Å². The Bertz CT molecular complexity index is 1700. The number of nitro groups is 1. The highest BCUT2D eigenvalue weighted by atomic mass is 32.1. The van der Waals surface area contributed by atoms with Gasteiger partial charge < -0.3 is 23.7 Å². The first-order valence-electron chi connectivity index (χ1n) is 12.0. The Balaban J connectivity index is 2.01. The minimum absolute atomic E-state index is 0.127. The van der Waals surface area contributed by atoms with Crippen LogP contribution in [0.15, 0.2) is 51.4 Å². The fraction of sp³-hybridized carbons (Fsp3) is 0.296. The molecular weight excluding hydrogens is 542 g/mol. The zero-order valence-electron chi connectivity index (χ0n) is 22.7. The lowest BCUT2D eigenvalue weighted by atomic mass is 9.95. The molecule has 0 saturated carbocycles. The molecule has 0 bridgehead atoms. The average Bonchev–Trinajstić information content (AvgIpc) is 3.25. The van der Waals surface area contributed by atoms with Gasteiger partial charge in [0.25, 0.3) is 11.2 Å². The number of esters is 1. The minimum atomic E-state index is -0.905. The van der Waals surface area contributed by atoms with Gasteiger partial charge in [0, 0.05) is 0 Å². The molecule has 0 radical (unpaired) electrons. The van der Waals surface area contributed by atoms with Crippen LogP contribution in [0.25, 0.3) is 6.08 Å². The fourth-order valence-corrected chi connectivity index (χ4v) is 5.47. The minimum Gasteiger partial charge on any atom is -0.493 e. The van der Waals surface area contributed by atoms with Crippen molar-refractivity contribution in [3.8, 4) is 23.0 Å². The molecule has 210 valence electrons. The summed E-state index contributed by atoms with van der Waals surface area (Å²) in [7, 11) is 5.76. The molecule has 1 aliphatic heterocycles. The van der Waals surface area contributed by atoms with Crippen molar-refractivity contribution in [2.24, 2.45) is 4.99 Å². The number of carbonyl (C=O) groups excluding carboxylic acids is 1. The molecule has 12 nitrogen and oxygen atoms in total. The van der Waals surface area contributed by atoms with Crippen LogP contribution in [0.4, 0.5) is 5.69 Å². The number of hydrogen-bond acceptors (Lipinski definition) is 11. The lowest BCUT2D eigenvalue weighted by Crippen LogP contribution is -2.40. The molecule has 4 rings (SSSR count). The van der Waals surface area contributed by atoms with Crippen LogP contribution in [0.1, 0.15) is 31.0 Å². The SMILES string of the molecule is CCOC(=O)C1=C(C)N=c2sc(=Cc3cc(OC)c(OC)cc3[N+](=O)[O-])c(=O)n2C1c1ccc(OC)c(OC)c1. The van der Waals surface area contributed by atoms with E-state index in [1.807, 2.05) is 0 Å². The number of benzene rings is 2. The largest absolute Gasteiger partial charge is 0.493 e. The first-order valence-corrected chi connectivity index (χ1v) is 12.8. The number of fused-ring (bicyclic) bond motifs is 1. The predicted molar refractivity (Wildman–Crippen MR) is 146 cm³/mol. The molecule has 1 aliphatic rings. The molecule has 0 N–H and O–H groups in total. The number of carbonyl (C=O) groups is 1. The van der Waals surface area contributed by atoms with Crippen molar-refractivity contribution in [1.29, 1.82) is 0 Å². The lowest BCUT2D eigenvalue weighted by molar-refractivity contribution is -0.385. The molecule has 2 heterocycles. The molecule has 0 fully saturated rings. The smallest absolute Gasteiger partial charge is 0.338 e. The van der Waals surface area contributed by atoms with E-state index in [2.05, 4.69) is 4.99 Å². The monoisotopic (exact) mass is 569 g/mol. The van der Waals surface area contributed by atoms with E-state index in [0.29, 0.717) is 27.6 Å². The molecule has 3 aromatic rings. The number of methoxy groups -OCH3 is 4. The number of rotatable bonds is 9. The number of thiazole rings is 1. The summed E-state index contributed by atoms with van der Waals surface area (Å²) < 4.78 is 28.2. The summed E-state index contributed by atoms with van der Waals surface area (Å²) in [5.74, 6) is 0.693. The highest BCUT2D eigenvalue weighted by Crippen LogP contribution is 2.37. The third-order valence-electron chi connectivity index (χ3n) is 6.26. The van der Waals surface area contributed by atoms with Gasteiger partial charge in [-0.15, -0.1) is 0 Å². The van der Waals surface area contributed by atoms with Crippen molar-refractivity contribution < 1.29 is 33.4 Å². The van der Waals surface area contributed by atoms with Gasteiger partial charge in [0.1, 0.15) is 0 Å². The Hall–Kier alpha value is -4.65. The molecule has 2 aromatic carbocycles. The van der Waals surface area contributed by atoms with Crippen molar-refractivity contribution in [3.05, 3.63) is 82.5 Å². The van der Waals surface area contributed by atoms with Crippen molar-refractivity contribution >= 4 is 29.1 Å². The topological polar surface area (TPSA) is 141 Å². The van der Waals surface area contributed by atoms with Crippen molar-refractivity contribution in [3.63, 3.8) is 0 Å². The molecule has 40 heavy (non-hydrogen) atoms. The number of hydrogen-bond donors (Lipinski definition) is 0. The van der Waals surface area contributed by atoms with Gasteiger partial charge in [-0.1, -0.05) is 17.4 Å². The van der Waals surface area contributed by atoms with Crippen LogP contribution in [0.5, 0.6) is 23.0 Å². The van der Waals surface area contributed by atoms with Crippen LogP contribution in [-0.4, -0.2) is 50.5 Å². The average molecular weight is 570 g/mol. The van der Waals surface area contributed by atoms with Gasteiger partial charge in [0.2, 0.25) is 0 Å². The highest BCUT2D eigenvalue weighted by molar-refractivity contribution is 7.07. The van der Waals surface area contributed by atoms with E-state index >= 15 is 0 Å². The highest BCUT2D eigenvalue weighted by Gasteiger charge is 2.34. The molecule has 0 amide bonds. The number of aromatic nitrogens is 1. The third kappa shape index (κ3) is 5.02. The Labute approximate surface area is 232 Å². The quantitative estimate of drug-likeness (QED) is 0.216. The van der Waals surface area contributed by atoms with E-state index in [0.717, 1.165) is 11.3 Å². The van der Waals surface area contributed by atoms with E-state index in [1.54, 1.807) is 32.0 Å². The molecule has 1 atom stereocenters. The molecule has 1 unspecified atom stereocenters. The van der Waals surface area contributed by atoms with Gasteiger partial charge in [0.05, 0.1) is 73.4 Å². The number of allylic oxidation sites excluding steroid dienone is 1. The third-order valence-corrected chi connectivity index (χ3v) is 7.24. The summed E-state index contributed by atoms with van der Waals surface area (Å²) in [5.41, 5.74) is 0.482. The summed E-state index contributed by atoms with van der Waals surface area (Å²) in [6.07, 6.45) is 1.40.